The first-order chi connectivity index (χ1) is 7.45. The smallest absolute Gasteiger partial charge is 0.549 e. The van der Waals surface area contributed by atoms with Crippen LogP contribution in [0.15, 0.2) is 0 Å². The number of rotatable bonds is 8. The summed E-state index contributed by atoms with van der Waals surface area (Å²) in [7, 11) is 0. The van der Waals surface area contributed by atoms with E-state index in [1.807, 2.05) is 6.92 Å². The fraction of sp³-hybridized carbons (Fsp3) is 0.667. The molecule has 0 aliphatic heterocycles. The van der Waals surface area contributed by atoms with Crippen molar-refractivity contribution in [1.82, 2.24) is 10.2 Å². The molecule has 0 fully saturated rings. The van der Waals surface area contributed by atoms with Crippen molar-refractivity contribution in [1.29, 1.82) is 0 Å². The monoisotopic (exact) mass is 474 g/mol. The molecule has 0 aromatic heterocycles. The van der Waals surface area contributed by atoms with Crippen LogP contribution >= 0.6 is 0 Å². The minimum absolute atomic E-state index is 0. The van der Waals surface area contributed by atoms with Crippen molar-refractivity contribution in [3.05, 3.63) is 0 Å². The molecule has 0 spiro atoms. The molecule has 0 atom stereocenters. The Balaban J connectivity index is -0.000000187. The van der Waals surface area contributed by atoms with Crippen molar-refractivity contribution in [3.63, 3.8) is 0 Å². The van der Waals surface area contributed by atoms with Gasteiger partial charge in [-0.2, -0.15) is 0 Å². The number of carbonyl (C=O) groups excluding carboxylic acids is 3. The molecule has 0 rings (SSSR count). The zero-order valence-electron chi connectivity index (χ0n) is 10.7. The van der Waals surface area contributed by atoms with E-state index in [-0.39, 0.29) is 76.4 Å². The zero-order valence-corrected chi connectivity index (χ0v) is 16.6. The van der Waals surface area contributed by atoms with Crippen molar-refractivity contribution < 1.29 is 94.4 Å². The van der Waals surface area contributed by atoms with E-state index in [0.29, 0.717) is 6.54 Å². The molecule has 2 radical (unpaired) electrons. The SMILES string of the molecule is CCCNC(=O)CN(CC(=O)[O-])CC(=O)[O-].[Co+2].[Cu].[Ni].[Zn]. The van der Waals surface area contributed by atoms with E-state index in [1.165, 1.54) is 0 Å². The van der Waals surface area contributed by atoms with Gasteiger partial charge in [0.2, 0.25) is 5.91 Å². The Hall–Kier alpha value is 0.513. The van der Waals surface area contributed by atoms with Gasteiger partial charge < -0.3 is 25.1 Å². The average molecular weight is 477 g/mol. The van der Waals surface area contributed by atoms with Gasteiger partial charge in [-0.3, -0.25) is 9.69 Å². The van der Waals surface area contributed by atoms with Crippen molar-refractivity contribution in [3.8, 4) is 0 Å². The largest absolute Gasteiger partial charge is 2.00 e. The van der Waals surface area contributed by atoms with Crippen LogP contribution in [0.3, 0.4) is 0 Å². The predicted octanol–water partition coefficient (Wildman–Crippen LogP) is -3.70. The second kappa shape index (κ2) is 19.5. The molecule has 0 aromatic carbocycles. The number of nitrogens with zero attached hydrogens (tertiary/aromatic N) is 1. The van der Waals surface area contributed by atoms with Crippen molar-refractivity contribution in [2.45, 2.75) is 13.3 Å². The number of carboxylic acids is 2. The summed E-state index contributed by atoms with van der Waals surface area (Å²) in [5.74, 6) is -3.31. The quantitative estimate of drug-likeness (QED) is 0.361. The van der Waals surface area contributed by atoms with E-state index >= 15 is 0 Å². The molecule has 20 heavy (non-hydrogen) atoms. The van der Waals surface area contributed by atoms with Gasteiger partial charge in [-0.1, -0.05) is 6.92 Å². The second-order valence-electron chi connectivity index (χ2n) is 3.24. The summed E-state index contributed by atoms with van der Waals surface area (Å²) in [5.41, 5.74) is 0. The normalized spacial score (nSPS) is 8.10. The van der Waals surface area contributed by atoms with E-state index in [0.717, 1.165) is 11.3 Å². The van der Waals surface area contributed by atoms with Crippen LogP contribution in [0.2, 0.25) is 0 Å². The van der Waals surface area contributed by atoms with Crippen LogP contribution in [0, 0.1) is 0 Å². The molecule has 1 N–H and O–H groups in total. The summed E-state index contributed by atoms with van der Waals surface area (Å²) >= 11 is 0. The van der Waals surface area contributed by atoms with Crippen LogP contribution in [0.5, 0.6) is 0 Å². The fourth-order valence-electron chi connectivity index (χ4n) is 1.06. The summed E-state index contributed by atoms with van der Waals surface area (Å²) in [5, 5.41) is 23.1. The van der Waals surface area contributed by atoms with Gasteiger partial charge in [-0.05, 0) is 6.42 Å². The summed E-state index contributed by atoms with van der Waals surface area (Å²) < 4.78 is 0. The average Bonchev–Trinajstić information content (AvgIpc) is 2.12. The molecule has 0 saturated heterocycles. The van der Waals surface area contributed by atoms with E-state index in [4.69, 9.17) is 0 Å². The zero-order chi connectivity index (χ0) is 12.6. The molecule has 0 bridgehead atoms. The summed E-state index contributed by atoms with van der Waals surface area (Å²) in [6.07, 6.45) is 0.743. The minimum atomic E-state index is -1.44. The molecule has 122 valence electrons. The number of carboxylic acid groups (broad SMARTS) is 2. The second-order valence-corrected chi connectivity index (χ2v) is 3.24. The Bertz CT molecular complexity index is 273. The maximum atomic E-state index is 11.2. The Morgan fingerprint density at radius 2 is 1.45 bits per heavy atom. The molecule has 11 heteroatoms. The maximum absolute atomic E-state index is 11.2. The van der Waals surface area contributed by atoms with Gasteiger partial charge in [-0.25, -0.2) is 0 Å². The first-order valence-corrected chi connectivity index (χ1v) is 4.84. The van der Waals surface area contributed by atoms with Gasteiger partial charge in [-0.15, -0.1) is 0 Å². The Morgan fingerprint density at radius 3 is 1.75 bits per heavy atom. The van der Waals surface area contributed by atoms with Crippen LogP contribution < -0.4 is 15.5 Å². The van der Waals surface area contributed by atoms with E-state index in [2.05, 4.69) is 5.32 Å². The molecular formula is C9H14CoCuN2NiO5Zn. The van der Waals surface area contributed by atoms with Crippen molar-refractivity contribution in [2.24, 2.45) is 0 Å². The van der Waals surface area contributed by atoms with E-state index < -0.39 is 30.9 Å². The number of hydrogen-bond acceptors (Lipinski definition) is 6. The summed E-state index contributed by atoms with van der Waals surface area (Å²) in [6, 6.07) is 0. The van der Waals surface area contributed by atoms with Gasteiger partial charge >= 0.3 is 16.8 Å². The Morgan fingerprint density at radius 1 is 1.05 bits per heavy atom. The molecule has 7 nitrogen and oxygen atoms in total. The van der Waals surface area contributed by atoms with E-state index in [1.54, 1.807) is 0 Å². The predicted molar refractivity (Wildman–Crippen MR) is 49.8 cm³/mol. The Kier molecular flexibility index (Phi) is 31.7. The van der Waals surface area contributed by atoms with Gasteiger partial charge in [0, 0.05) is 72.7 Å². The fourth-order valence-corrected chi connectivity index (χ4v) is 1.06. The first kappa shape index (κ1) is 32.5. The topological polar surface area (TPSA) is 113 Å². The maximum Gasteiger partial charge on any atom is 2.00 e. The summed E-state index contributed by atoms with van der Waals surface area (Å²) in [6.45, 7) is 0.784. The molecule has 0 saturated carbocycles. The first-order valence-electron chi connectivity index (χ1n) is 4.84. The van der Waals surface area contributed by atoms with Crippen molar-refractivity contribution in [2.75, 3.05) is 26.2 Å². The third kappa shape index (κ3) is 20.8. The van der Waals surface area contributed by atoms with Gasteiger partial charge in [0.25, 0.3) is 0 Å². The number of aliphatic carboxylic acids is 2. The van der Waals surface area contributed by atoms with Crippen molar-refractivity contribution >= 4 is 17.8 Å². The third-order valence-corrected chi connectivity index (χ3v) is 1.64. The van der Waals surface area contributed by atoms with Crippen LogP contribution in [0.25, 0.3) is 0 Å². The van der Waals surface area contributed by atoms with Gasteiger partial charge in [0.05, 0.1) is 18.5 Å². The minimum Gasteiger partial charge on any atom is -0.549 e. The summed E-state index contributed by atoms with van der Waals surface area (Å²) in [4.78, 5) is 32.7. The van der Waals surface area contributed by atoms with Gasteiger partial charge in [0.15, 0.2) is 0 Å². The molecule has 0 aromatic rings. The molecule has 1 amide bonds. The molecule has 0 unspecified atom stereocenters. The third-order valence-electron chi connectivity index (χ3n) is 1.64. The molecule has 0 heterocycles. The standard InChI is InChI=1S/C9H16N2O5.Co.Cu.Ni.Zn/c1-2-3-10-7(12)4-11(5-8(13)14)6-9(15)16;;;;/h2-6H2,1H3,(H,10,12)(H,13,14)(H,15,16);;;;/q;+2;;;/p-2. The van der Waals surface area contributed by atoms with Gasteiger partial charge in [0.1, 0.15) is 0 Å². The van der Waals surface area contributed by atoms with Crippen LogP contribution in [0.1, 0.15) is 13.3 Å². The van der Waals surface area contributed by atoms with E-state index in [9.17, 15) is 24.6 Å². The molecule has 0 aliphatic carbocycles. The Labute approximate surface area is 161 Å². The molecular weight excluding hydrogens is 463 g/mol. The number of hydrogen-bond donors (Lipinski definition) is 1. The van der Waals surface area contributed by atoms with Crippen LogP contribution in [-0.4, -0.2) is 48.9 Å². The van der Waals surface area contributed by atoms with Crippen LogP contribution in [-0.2, 0) is 84.2 Å². The number of nitrogens with one attached hydrogen (secondary N) is 1. The van der Waals surface area contributed by atoms with Crippen LogP contribution in [0.4, 0.5) is 0 Å². The number of amides is 1. The molecule has 0 aliphatic rings. The number of carbonyl (C=O) groups is 3.